The zero-order valence-electron chi connectivity index (χ0n) is 19.2. The van der Waals surface area contributed by atoms with Gasteiger partial charge in [0.2, 0.25) is 11.8 Å². The van der Waals surface area contributed by atoms with Crippen LogP contribution in [-0.2, 0) is 24.3 Å². The second-order valence-corrected chi connectivity index (χ2v) is 9.20. The predicted molar refractivity (Wildman–Crippen MR) is 130 cm³/mol. The summed E-state index contributed by atoms with van der Waals surface area (Å²) in [5, 5.41) is 0.347. The standard InChI is InChI=1S/C24H26N4O5S/c1-4-32-17-8-6-5-7-16(17)9-11-27-23-19(18(15(3)34-23)21-26-10-12-33-21)22(30)28(24(27)31)13-14(2)20(25)29/h5-8,10,12,14H,4,9,11,13H2,1-3H3,(H2,25,29). The minimum atomic E-state index is -0.695. The van der Waals surface area contributed by atoms with Gasteiger partial charge in [-0.05, 0) is 31.9 Å². The monoisotopic (exact) mass is 482 g/mol. The third kappa shape index (κ3) is 4.28. The fourth-order valence-corrected chi connectivity index (χ4v) is 5.09. The molecular weight excluding hydrogens is 456 g/mol. The van der Waals surface area contributed by atoms with E-state index in [4.69, 9.17) is 14.9 Å². The first-order valence-corrected chi connectivity index (χ1v) is 11.8. The van der Waals surface area contributed by atoms with Gasteiger partial charge in [0.25, 0.3) is 5.56 Å². The molecule has 0 saturated carbocycles. The molecule has 3 aromatic heterocycles. The van der Waals surface area contributed by atoms with Gasteiger partial charge in [-0.3, -0.25) is 18.7 Å². The lowest BCUT2D eigenvalue weighted by molar-refractivity contribution is -0.121. The van der Waals surface area contributed by atoms with E-state index in [0.717, 1.165) is 20.8 Å². The second-order valence-electron chi connectivity index (χ2n) is 7.99. The van der Waals surface area contributed by atoms with E-state index in [1.807, 2.05) is 38.1 Å². The Hall–Kier alpha value is -3.66. The first kappa shape index (κ1) is 23.5. The highest BCUT2D eigenvalue weighted by molar-refractivity contribution is 7.19. The van der Waals surface area contributed by atoms with Crippen molar-refractivity contribution < 1.29 is 13.9 Å². The largest absolute Gasteiger partial charge is 0.494 e. The first-order valence-electron chi connectivity index (χ1n) is 11.0. The number of oxazole rings is 1. The number of amides is 1. The Morgan fingerprint density at radius 3 is 2.71 bits per heavy atom. The van der Waals surface area contributed by atoms with Crippen LogP contribution in [0, 0.1) is 12.8 Å². The molecule has 1 atom stereocenters. The van der Waals surface area contributed by atoms with Crippen LogP contribution in [0.2, 0.25) is 0 Å². The summed E-state index contributed by atoms with van der Waals surface area (Å²) < 4.78 is 13.9. The minimum Gasteiger partial charge on any atom is -0.494 e. The molecule has 10 heteroatoms. The molecule has 1 aromatic carbocycles. The molecule has 0 bridgehead atoms. The quantitative estimate of drug-likeness (QED) is 0.391. The maximum absolute atomic E-state index is 13.5. The molecule has 0 saturated heterocycles. The summed E-state index contributed by atoms with van der Waals surface area (Å²) in [4.78, 5) is 44.3. The fourth-order valence-electron chi connectivity index (χ4n) is 3.94. The van der Waals surface area contributed by atoms with Crippen molar-refractivity contribution in [2.45, 2.75) is 40.3 Å². The number of hydrogen-bond acceptors (Lipinski definition) is 7. The molecule has 4 rings (SSSR count). The second kappa shape index (κ2) is 9.68. The lowest BCUT2D eigenvalue weighted by Crippen LogP contribution is -2.42. The van der Waals surface area contributed by atoms with Crippen molar-refractivity contribution in [1.29, 1.82) is 0 Å². The number of nitrogens with two attached hydrogens (primary N) is 1. The lowest BCUT2D eigenvalue weighted by Gasteiger charge is -2.15. The van der Waals surface area contributed by atoms with Crippen LogP contribution in [0.1, 0.15) is 24.3 Å². The van der Waals surface area contributed by atoms with Crippen LogP contribution in [0.3, 0.4) is 0 Å². The number of primary amides is 1. The van der Waals surface area contributed by atoms with E-state index >= 15 is 0 Å². The highest BCUT2D eigenvalue weighted by Crippen LogP contribution is 2.35. The van der Waals surface area contributed by atoms with Gasteiger partial charge in [0.1, 0.15) is 16.8 Å². The van der Waals surface area contributed by atoms with E-state index in [9.17, 15) is 14.4 Å². The van der Waals surface area contributed by atoms with Crippen LogP contribution in [0.5, 0.6) is 5.75 Å². The van der Waals surface area contributed by atoms with Crippen LogP contribution in [0.15, 0.2) is 50.7 Å². The van der Waals surface area contributed by atoms with Crippen molar-refractivity contribution in [1.82, 2.24) is 14.1 Å². The Morgan fingerprint density at radius 2 is 2.03 bits per heavy atom. The van der Waals surface area contributed by atoms with Crippen molar-refractivity contribution >= 4 is 27.5 Å². The Balaban J connectivity index is 1.90. The Morgan fingerprint density at radius 1 is 1.26 bits per heavy atom. The van der Waals surface area contributed by atoms with Crippen LogP contribution in [0.4, 0.5) is 0 Å². The minimum absolute atomic E-state index is 0.113. The van der Waals surface area contributed by atoms with Crippen LogP contribution in [0.25, 0.3) is 21.7 Å². The molecule has 4 aromatic rings. The van der Waals surface area contributed by atoms with Crippen molar-refractivity contribution in [3.63, 3.8) is 0 Å². The van der Waals surface area contributed by atoms with Gasteiger partial charge in [0.05, 0.1) is 29.7 Å². The van der Waals surface area contributed by atoms with Crippen LogP contribution < -0.4 is 21.7 Å². The topological polar surface area (TPSA) is 122 Å². The molecule has 178 valence electrons. The number of aromatic nitrogens is 3. The number of carbonyl (C=O) groups is 1. The third-order valence-electron chi connectivity index (χ3n) is 5.70. The summed E-state index contributed by atoms with van der Waals surface area (Å²) in [6.07, 6.45) is 3.46. The van der Waals surface area contributed by atoms with Crippen LogP contribution in [-0.4, -0.2) is 26.6 Å². The number of rotatable bonds is 9. The molecule has 0 aliphatic heterocycles. The highest BCUT2D eigenvalue weighted by atomic mass is 32.1. The van der Waals surface area contributed by atoms with E-state index in [1.165, 1.54) is 23.8 Å². The normalized spacial score (nSPS) is 12.2. The number of fused-ring (bicyclic) bond motifs is 1. The van der Waals surface area contributed by atoms with Gasteiger partial charge in [-0.1, -0.05) is 25.1 Å². The number of carbonyl (C=O) groups excluding carboxylic acids is 1. The predicted octanol–water partition coefficient (Wildman–Crippen LogP) is 2.95. The van der Waals surface area contributed by atoms with Crippen LogP contribution >= 0.6 is 11.3 Å². The molecule has 0 radical (unpaired) electrons. The van der Waals surface area contributed by atoms with Gasteiger partial charge in [-0.15, -0.1) is 11.3 Å². The lowest BCUT2D eigenvalue weighted by atomic mass is 10.1. The van der Waals surface area contributed by atoms with Gasteiger partial charge >= 0.3 is 5.69 Å². The number of hydrogen-bond donors (Lipinski definition) is 1. The number of nitrogens with zero attached hydrogens (tertiary/aromatic N) is 3. The summed E-state index contributed by atoms with van der Waals surface area (Å²) in [7, 11) is 0. The Labute approximate surface area is 199 Å². The summed E-state index contributed by atoms with van der Waals surface area (Å²) in [5.74, 6) is -0.215. The highest BCUT2D eigenvalue weighted by Gasteiger charge is 2.25. The first-order chi connectivity index (χ1) is 16.3. The molecule has 2 N–H and O–H groups in total. The molecule has 0 aliphatic carbocycles. The Kier molecular flexibility index (Phi) is 6.69. The molecular formula is C24H26N4O5S. The average molecular weight is 483 g/mol. The number of aryl methyl sites for hydroxylation is 3. The summed E-state index contributed by atoms with van der Waals surface area (Å²) >= 11 is 1.34. The summed E-state index contributed by atoms with van der Waals surface area (Å²) in [6.45, 7) is 6.10. The van der Waals surface area contributed by atoms with E-state index in [1.54, 1.807) is 11.5 Å². The van der Waals surface area contributed by atoms with Gasteiger partial charge in [0.15, 0.2) is 0 Å². The van der Waals surface area contributed by atoms with E-state index in [0.29, 0.717) is 41.2 Å². The Bertz CT molecular complexity index is 1450. The van der Waals surface area contributed by atoms with Gasteiger partial charge in [0, 0.05) is 18.0 Å². The fraction of sp³-hybridized carbons (Fsp3) is 0.333. The van der Waals surface area contributed by atoms with Gasteiger partial charge in [-0.2, -0.15) is 0 Å². The average Bonchev–Trinajstić information content (AvgIpc) is 3.45. The van der Waals surface area contributed by atoms with Crippen molar-refractivity contribution in [3.05, 3.63) is 68.0 Å². The molecule has 3 heterocycles. The molecule has 34 heavy (non-hydrogen) atoms. The van der Waals surface area contributed by atoms with Gasteiger partial charge < -0.3 is 14.9 Å². The molecule has 0 spiro atoms. The van der Waals surface area contributed by atoms with E-state index in [2.05, 4.69) is 4.98 Å². The summed E-state index contributed by atoms with van der Waals surface area (Å²) in [6, 6.07) is 7.66. The SMILES string of the molecule is CCOc1ccccc1CCn1c(=O)n(CC(C)C(N)=O)c(=O)c2c(-c3ncco3)c(C)sc21. The smallest absolute Gasteiger partial charge is 0.332 e. The zero-order chi connectivity index (χ0) is 24.4. The maximum atomic E-state index is 13.5. The van der Waals surface area contributed by atoms with E-state index in [-0.39, 0.29) is 6.54 Å². The molecule has 1 amide bonds. The summed E-state index contributed by atoms with van der Waals surface area (Å²) in [5.41, 5.74) is 5.96. The number of para-hydroxylation sites is 1. The molecule has 0 fully saturated rings. The third-order valence-corrected chi connectivity index (χ3v) is 6.83. The maximum Gasteiger partial charge on any atom is 0.332 e. The molecule has 1 unspecified atom stereocenters. The van der Waals surface area contributed by atoms with Gasteiger partial charge in [-0.25, -0.2) is 9.78 Å². The number of thiophene rings is 1. The van der Waals surface area contributed by atoms with E-state index < -0.39 is 23.1 Å². The van der Waals surface area contributed by atoms with Crippen molar-refractivity contribution in [2.24, 2.45) is 11.7 Å². The molecule has 9 nitrogen and oxygen atoms in total. The van der Waals surface area contributed by atoms with Crippen molar-refractivity contribution in [2.75, 3.05) is 6.61 Å². The zero-order valence-corrected chi connectivity index (χ0v) is 20.1. The number of benzene rings is 1. The van der Waals surface area contributed by atoms with Crippen molar-refractivity contribution in [3.8, 4) is 17.2 Å². The molecule has 0 aliphatic rings. The number of ether oxygens (including phenoxy) is 1.